The normalized spacial score (nSPS) is 11.1. The highest BCUT2D eigenvalue weighted by atomic mass is 79.9. The molecule has 0 unspecified atom stereocenters. The fourth-order valence-corrected chi connectivity index (χ4v) is 3.33. The third-order valence-electron chi connectivity index (χ3n) is 2.99. The van der Waals surface area contributed by atoms with Crippen molar-refractivity contribution in [3.8, 4) is 0 Å². The van der Waals surface area contributed by atoms with Crippen LogP contribution in [0, 0.1) is 0 Å². The topological polar surface area (TPSA) is 63.4 Å². The number of nitrogens with two attached hydrogens (primary N) is 1. The number of nitrogens with zero attached hydrogens (tertiary/aromatic N) is 1. The van der Waals surface area contributed by atoms with Gasteiger partial charge in [-0.3, -0.25) is 4.31 Å². The lowest BCUT2D eigenvalue weighted by Gasteiger charge is -2.19. The molecule has 2 N–H and O–H groups in total. The Morgan fingerprint density at radius 3 is 2.10 bits per heavy atom. The average molecular weight is 385 g/mol. The fourth-order valence-electron chi connectivity index (χ4n) is 1.74. The number of thiocarbonyl (C=S) groups is 1. The zero-order valence-corrected chi connectivity index (χ0v) is 14.4. The summed E-state index contributed by atoms with van der Waals surface area (Å²) in [5.41, 5.74) is 6.76. The summed E-state index contributed by atoms with van der Waals surface area (Å²) in [5.74, 6) is 0. The Bertz CT molecular complexity index is 757. The molecule has 0 spiro atoms. The summed E-state index contributed by atoms with van der Waals surface area (Å²) in [5, 5.41) is 0. The largest absolute Gasteiger partial charge is 0.389 e. The predicted octanol–water partition coefficient (Wildman–Crippen LogP) is 2.91. The van der Waals surface area contributed by atoms with Gasteiger partial charge in [0.15, 0.2) is 0 Å². The van der Waals surface area contributed by atoms with E-state index in [2.05, 4.69) is 15.9 Å². The van der Waals surface area contributed by atoms with E-state index in [1.165, 1.54) is 11.4 Å². The summed E-state index contributed by atoms with van der Waals surface area (Å²) in [7, 11) is -2.09. The molecule has 0 saturated heterocycles. The molecule has 0 fully saturated rings. The Morgan fingerprint density at radius 2 is 1.62 bits per heavy atom. The first-order chi connectivity index (χ1) is 9.82. The van der Waals surface area contributed by atoms with Crippen LogP contribution in [0.1, 0.15) is 5.56 Å². The molecule has 4 nitrogen and oxygen atoms in total. The molecule has 0 radical (unpaired) electrons. The Labute approximate surface area is 137 Å². The van der Waals surface area contributed by atoms with Crippen LogP contribution in [0.25, 0.3) is 0 Å². The van der Waals surface area contributed by atoms with Crippen molar-refractivity contribution in [3.63, 3.8) is 0 Å². The number of halogens is 1. The van der Waals surface area contributed by atoms with Gasteiger partial charge in [0.1, 0.15) is 4.99 Å². The summed E-state index contributed by atoms with van der Waals surface area (Å²) in [4.78, 5) is 0.506. The van der Waals surface area contributed by atoms with E-state index in [1.807, 2.05) is 0 Å². The Hall–Kier alpha value is -1.44. The first-order valence-corrected chi connectivity index (χ1v) is 8.61. The van der Waals surface area contributed by atoms with Crippen LogP contribution >= 0.6 is 28.1 Å². The van der Waals surface area contributed by atoms with Crippen molar-refractivity contribution in [2.75, 3.05) is 11.4 Å². The summed E-state index contributed by atoms with van der Waals surface area (Å²) in [6.45, 7) is 0. The highest BCUT2D eigenvalue weighted by Crippen LogP contribution is 2.23. The molecule has 0 amide bonds. The number of hydrogen-bond acceptors (Lipinski definition) is 3. The molecule has 0 aromatic heterocycles. The van der Waals surface area contributed by atoms with E-state index in [0.717, 1.165) is 4.47 Å². The minimum atomic E-state index is -3.59. The molecule has 0 aliphatic rings. The SMILES string of the molecule is CN(c1ccc(C(N)=S)cc1)S(=O)(=O)c1ccc(Br)cc1. The van der Waals surface area contributed by atoms with Crippen molar-refractivity contribution < 1.29 is 8.42 Å². The standard InChI is InChI=1S/C14H13BrN2O2S2/c1-17(12-6-2-10(3-7-12)14(16)20)21(18,19)13-8-4-11(15)5-9-13/h2-9H,1H3,(H2,16,20). The maximum atomic E-state index is 12.5. The van der Waals surface area contributed by atoms with Crippen LogP contribution in [0.5, 0.6) is 0 Å². The molecule has 0 bridgehead atoms. The molecule has 7 heteroatoms. The fraction of sp³-hybridized carbons (Fsp3) is 0.0714. The molecule has 0 heterocycles. The minimum absolute atomic E-state index is 0.228. The molecule has 110 valence electrons. The van der Waals surface area contributed by atoms with E-state index >= 15 is 0 Å². The van der Waals surface area contributed by atoms with E-state index in [9.17, 15) is 8.42 Å². The lowest BCUT2D eigenvalue weighted by molar-refractivity contribution is 0.594. The maximum absolute atomic E-state index is 12.5. The molecule has 2 aromatic carbocycles. The van der Waals surface area contributed by atoms with Crippen molar-refractivity contribution in [3.05, 3.63) is 58.6 Å². The van der Waals surface area contributed by atoms with E-state index in [1.54, 1.807) is 48.5 Å². The van der Waals surface area contributed by atoms with Gasteiger partial charge in [0.05, 0.1) is 10.6 Å². The zero-order valence-electron chi connectivity index (χ0n) is 11.2. The second-order valence-corrected chi connectivity index (χ2v) is 7.66. The molecular weight excluding hydrogens is 372 g/mol. The molecule has 0 aliphatic heterocycles. The van der Waals surface area contributed by atoms with Gasteiger partial charge in [-0.2, -0.15) is 0 Å². The molecular formula is C14H13BrN2O2S2. The van der Waals surface area contributed by atoms with Crippen LogP contribution in [0.2, 0.25) is 0 Å². The summed E-state index contributed by atoms with van der Waals surface area (Å²) in [6.07, 6.45) is 0. The molecule has 0 atom stereocenters. The monoisotopic (exact) mass is 384 g/mol. The number of sulfonamides is 1. The van der Waals surface area contributed by atoms with Gasteiger partial charge in [-0.1, -0.05) is 28.1 Å². The average Bonchev–Trinajstić information content (AvgIpc) is 2.47. The first-order valence-electron chi connectivity index (χ1n) is 5.97. The molecule has 2 aromatic rings. The highest BCUT2D eigenvalue weighted by Gasteiger charge is 2.21. The number of hydrogen-bond donors (Lipinski definition) is 1. The molecule has 0 saturated carbocycles. The number of anilines is 1. The summed E-state index contributed by atoms with van der Waals surface area (Å²) >= 11 is 8.16. The smallest absolute Gasteiger partial charge is 0.264 e. The van der Waals surface area contributed by atoms with Crippen LogP contribution in [0.4, 0.5) is 5.69 Å². The van der Waals surface area contributed by atoms with Crippen molar-refractivity contribution in [2.45, 2.75) is 4.90 Å². The van der Waals surface area contributed by atoms with Gasteiger partial charge in [-0.05, 0) is 48.5 Å². The lowest BCUT2D eigenvalue weighted by Crippen LogP contribution is -2.26. The lowest BCUT2D eigenvalue weighted by atomic mass is 10.2. The van der Waals surface area contributed by atoms with Gasteiger partial charge in [0.25, 0.3) is 10.0 Å². The van der Waals surface area contributed by atoms with Gasteiger partial charge in [-0.25, -0.2) is 8.42 Å². The van der Waals surface area contributed by atoms with Crippen molar-refractivity contribution in [1.82, 2.24) is 0 Å². The van der Waals surface area contributed by atoms with Gasteiger partial charge >= 0.3 is 0 Å². The molecule has 2 rings (SSSR count). The second kappa shape index (κ2) is 6.13. The molecule has 0 aliphatic carbocycles. The maximum Gasteiger partial charge on any atom is 0.264 e. The van der Waals surface area contributed by atoms with E-state index < -0.39 is 10.0 Å². The van der Waals surface area contributed by atoms with Crippen LogP contribution in [0.15, 0.2) is 57.9 Å². The summed E-state index contributed by atoms with van der Waals surface area (Å²) < 4.78 is 27.1. The van der Waals surface area contributed by atoms with Crippen LogP contribution in [-0.2, 0) is 10.0 Å². The van der Waals surface area contributed by atoms with E-state index in [-0.39, 0.29) is 9.88 Å². The minimum Gasteiger partial charge on any atom is -0.389 e. The van der Waals surface area contributed by atoms with E-state index in [0.29, 0.717) is 11.3 Å². The predicted molar refractivity (Wildman–Crippen MR) is 92.1 cm³/mol. The number of benzene rings is 2. The van der Waals surface area contributed by atoms with Crippen molar-refractivity contribution in [1.29, 1.82) is 0 Å². The highest BCUT2D eigenvalue weighted by molar-refractivity contribution is 9.10. The van der Waals surface area contributed by atoms with Gasteiger partial charge in [-0.15, -0.1) is 0 Å². The van der Waals surface area contributed by atoms with Crippen molar-refractivity contribution in [2.24, 2.45) is 5.73 Å². The van der Waals surface area contributed by atoms with Crippen molar-refractivity contribution >= 4 is 48.8 Å². The van der Waals surface area contributed by atoms with Crippen LogP contribution < -0.4 is 10.0 Å². The van der Waals surface area contributed by atoms with E-state index in [4.69, 9.17) is 18.0 Å². The Balaban J connectivity index is 2.35. The van der Waals surface area contributed by atoms with Crippen LogP contribution in [0.3, 0.4) is 0 Å². The molecule has 21 heavy (non-hydrogen) atoms. The number of rotatable bonds is 4. The second-order valence-electron chi connectivity index (χ2n) is 4.34. The quantitative estimate of drug-likeness (QED) is 0.823. The van der Waals surface area contributed by atoms with Gasteiger partial charge < -0.3 is 5.73 Å². The van der Waals surface area contributed by atoms with Crippen LogP contribution in [-0.4, -0.2) is 20.5 Å². The third kappa shape index (κ3) is 3.42. The third-order valence-corrected chi connectivity index (χ3v) is 5.55. The van der Waals surface area contributed by atoms with Gasteiger partial charge in [0.2, 0.25) is 0 Å². The van der Waals surface area contributed by atoms with Gasteiger partial charge in [0, 0.05) is 17.1 Å². The summed E-state index contributed by atoms with van der Waals surface area (Å²) in [6, 6.07) is 13.2. The Kier molecular flexibility index (Phi) is 4.65. The first kappa shape index (κ1) is 15.9. The zero-order chi connectivity index (χ0) is 15.6. The Morgan fingerprint density at radius 1 is 1.10 bits per heavy atom.